The van der Waals surface area contributed by atoms with Crippen LogP contribution in [0.5, 0.6) is 11.8 Å². The van der Waals surface area contributed by atoms with Gasteiger partial charge in [0.15, 0.2) is 0 Å². The summed E-state index contributed by atoms with van der Waals surface area (Å²) in [5, 5.41) is 12.7. The Bertz CT molecular complexity index is 1400. The summed E-state index contributed by atoms with van der Waals surface area (Å²) in [5.74, 6) is 1.47. The van der Waals surface area contributed by atoms with E-state index in [2.05, 4.69) is 41.6 Å². The maximum absolute atomic E-state index is 12.2. The molecule has 2 fully saturated rings. The highest BCUT2D eigenvalue weighted by Crippen LogP contribution is 2.40. The molecule has 1 amide bonds. The fourth-order valence-electron chi connectivity index (χ4n) is 6.73. The standard InChI is InChI=1S/C32H39N5O3/c1-3-30(39)36-14-16-37(17-15-36)31-27-11-10-23(28-21-25(38)19-22-7-4-5-9-26(22)28)20-29(27)33-32(34-31)40-18-12-24-8-6-13-35(24)2/h3-5,7,9,19,21,23-24,38H,1,6,8,10-18,20H2,2H3. The first-order valence-corrected chi connectivity index (χ1v) is 14.6. The first-order valence-electron chi connectivity index (χ1n) is 14.6. The van der Waals surface area contributed by atoms with Crippen molar-refractivity contribution >= 4 is 22.5 Å². The number of anilines is 1. The molecule has 0 spiro atoms. The van der Waals surface area contributed by atoms with Crippen molar-refractivity contribution in [1.29, 1.82) is 0 Å². The lowest BCUT2D eigenvalue weighted by Gasteiger charge is -2.37. The van der Waals surface area contributed by atoms with Crippen LogP contribution in [0, 0.1) is 0 Å². The van der Waals surface area contributed by atoms with Crippen molar-refractivity contribution in [3.63, 3.8) is 0 Å². The zero-order valence-corrected chi connectivity index (χ0v) is 23.4. The second-order valence-corrected chi connectivity index (χ2v) is 11.4. The Kier molecular flexibility index (Phi) is 7.61. The predicted octanol–water partition coefficient (Wildman–Crippen LogP) is 4.31. The van der Waals surface area contributed by atoms with Crippen molar-refractivity contribution in [3.05, 3.63) is 65.9 Å². The molecule has 6 rings (SSSR count). The number of fused-ring (bicyclic) bond motifs is 2. The maximum Gasteiger partial charge on any atom is 0.318 e. The van der Waals surface area contributed by atoms with Crippen LogP contribution in [0.3, 0.4) is 0 Å². The lowest BCUT2D eigenvalue weighted by Crippen LogP contribution is -2.49. The summed E-state index contributed by atoms with van der Waals surface area (Å²) in [6, 6.07) is 13.0. The van der Waals surface area contributed by atoms with Crippen molar-refractivity contribution in [1.82, 2.24) is 19.8 Å². The largest absolute Gasteiger partial charge is 0.508 e. The van der Waals surface area contributed by atoms with E-state index in [-0.39, 0.29) is 11.8 Å². The third-order valence-electron chi connectivity index (χ3n) is 8.97. The first-order chi connectivity index (χ1) is 19.5. The smallest absolute Gasteiger partial charge is 0.318 e. The molecule has 2 aromatic carbocycles. The zero-order valence-electron chi connectivity index (χ0n) is 23.4. The van der Waals surface area contributed by atoms with Crippen molar-refractivity contribution in [2.45, 2.75) is 50.5 Å². The Hall–Kier alpha value is -3.65. The van der Waals surface area contributed by atoms with Gasteiger partial charge in [-0.05, 0) is 92.6 Å². The van der Waals surface area contributed by atoms with Gasteiger partial charge in [0.1, 0.15) is 11.6 Å². The number of carbonyl (C=O) groups is 1. The Morgan fingerprint density at radius 3 is 2.73 bits per heavy atom. The first kappa shape index (κ1) is 26.6. The summed E-state index contributed by atoms with van der Waals surface area (Å²) < 4.78 is 6.23. The SMILES string of the molecule is C=CC(=O)N1CCN(c2nc(OCCC3CCCN3C)nc3c2CCC(c2cc(O)cc4ccccc24)C3)CC1. The average molecular weight is 542 g/mol. The lowest BCUT2D eigenvalue weighted by molar-refractivity contribution is -0.126. The highest BCUT2D eigenvalue weighted by Gasteiger charge is 2.30. The summed E-state index contributed by atoms with van der Waals surface area (Å²) in [5.41, 5.74) is 3.39. The quantitative estimate of drug-likeness (QED) is 0.447. The predicted molar refractivity (Wildman–Crippen MR) is 157 cm³/mol. The molecule has 0 radical (unpaired) electrons. The van der Waals surface area contributed by atoms with Crippen LogP contribution in [-0.4, -0.2) is 83.2 Å². The van der Waals surface area contributed by atoms with Crippen LogP contribution in [0.4, 0.5) is 5.82 Å². The van der Waals surface area contributed by atoms with Crippen molar-refractivity contribution in [2.75, 3.05) is 51.3 Å². The van der Waals surface area contributed by atoms with Gasteiger partial charge in [-0.25, -0.2) is 0 Å². The van der Waals surface area contributed by atoms with E-state index in [1.54, 1.807) is 0 Å². The molecule has 3 heterocycles. The molecule has 210 valence electrons. The van der Waals surface area contributed by atoms with E-state index in [1.807, 2.05) is 23.1 Å². The summed E-state index contributed by atoms with van der Waals surface area (Å²) in [7, 11) is 2.19. The number of hydrogen-bond acceptors (Lipinski definition) is 7. The molecular weight excluding hydrogens is 502 g/mol. The summed E-state index contributed by atoms with van der Waals surface area (Å²) >= 11 is 0. The third-order valence-corrected chi connectivity index (χ3v) is 8.97. The lowest BCUT2D eigenvalue weighted by atomic mass is 9.80. The van der Waals surface area contributed by atoms with Crippen molar-refractivity contribution in [2.24, 2.45) is 0 Å². The molecule has 1 aromatic heterocycles. The van der Waals surface area contributed by atoms with Crippen LogP contribution in [0.2, 0.25) is 0 Å². The molecule has 0 bridgehead atoms. The topological polar surface area (TPSA) is 82.0 Å². The minimum Gasteiger partial charge on any atom is -0.508 e. The average Bonchev–Trinajstić information content (AvgIpc) is 3.39. The molecule has 1 N–H and O–H groups in total. The molecule has 2 unspecified atom stereocenters. The monoisotopic (exact) mass is 541 g/mol. The molecule has 3 aromatic rings. The van der Waals surface area contributed by atoms with E-state index < -0.39 is 0 Å². The second kappa shape index (κ2) is 11.5. The maximum atomic E-state index is 12.2. The minimum atomic E-state index is -0.0218. The molecule has 40 heavy (non-hydrogen) atoms. The molecule has 2 atom stereocenters. The van der Waals surface area contributed by atoms with Gasteiger partial charge in [-0.15, -0.1) is 0 Å². The molecular formula is C32H39N5O3. The second-order valence-electron chi connectivity index (χ2n) is 11.4. The highest BCUT2D eigenvalue weighted by atomic mass is 16.5. The number of carbonyl (C=O) groups excluding carboxylic acids is 1. The summed E-state index contributed by atoms with van der Waals surface area (Å²) in [6.45, 7) is 8.11. The number of amides is 1. The zero-order chi connectivity index (χ0) is 27.6. The van der Waals surface area contributed by atoms with Crippen LogP contribution < -0.4 is 9.64 Å². The van der Waals surface area contributed by atoms with E-state index in [4.69, 9.17) is 14.7 Å². The number of ether oxygens (including phenoxy) is 1. The van der Waals surface area contributed by atoms with Gasteiger partial charge in [-0.3, -0.25) is 4.79 Å². The number of aromatic nitrogens is 2. The van der Waals surface area contributed by atoms with E-state index in [0.717, 1.165) is 62.2 Å². The van der Waals surface area contributed by atoms with Crippen molar-refractivity contribution < 1.29 is 14.6 Å². The minimum absolute atomic E-state index is 0.0218. The van der Waals surface area contributed by atoms with Crippen molar-refractivity contribution in [3.8, 4) is 11.8 Å². The van der Waals surface area contributed by atoms with E-state index in [1.165, 1.54) is 35.4 Å². The Morgan fingerprint density at radius 2 is 1.95 bits per heavy atom. The number of phenolic OH excluding ortho intramolecular Hbond substituents is 1. The van der Waals surface area contributed by atoms with Gasteiger partial charge >= 0.3 is 6.01 Å². The van der Waals surface area contributed by atoms with E-state index in [9.17, 15) is 9.90 Å². The molecule has 8 heteroatoms. The van der Waals surface area contributed by atoms with Gasteiger partial charge in [-0.1, -0.05) is 30.8 Å². The number of aromatic hydroxyl groups is 1. The van der Waals surface area contributed by atoms with Gasteiger partial charge in [0, 0.05) is 37.8 Å². The van der Waals surface area contributed by atoms with Gasteiger partial charge in [0.2, 0.25) is 5.91 Å². The van der Waals surface area contributed by atoms with Gasteiger partial charge in [-0.2, -0.15) is 9.97 Å². The van der Waals surface area contributed by atoms with Crippen LogP contribution in [0.25, 0.3) is 10.8 Å². The number of hydrogen-bond donors (Lipinski definition) is 1. The van der Waals surface area contributed by atoms with Crippen LogP contribution in [0.1, 0.15) is 48.4 Å². The molecule has 0 saturated carbocycles. The van der Waals surface area contributed by atoms with E-state index >= 15 is 0 Å². The Balaban J connectivity index is 1.28. The summed E-state index contributed by atoms with van der Waals surface area (Å²) in [6.07, 6.45) is 7.40. The van der Waals surface area contributed by atoms with Crippen LogP contribution in [-0.2, 0) is 17.6 Å². The van der Waals surface area contributed by atoms with Gasteiger partial charge in [0.05, 0.1) is 12.3 Å². The number of piperazine rings is 1. The molecule has 2 saturated heterocycles. The fourth-order valence-corrected chi connectivity index (χ4v) is 6.73. The highest BCUT2D eigenvalue weighted by molar-refractivity contribution is 5.88. The van der Waals surface area contributed by atoms with E-state index in [0.29, 0.717) is 37.5 Å². The molecule has 3 aliphatic rings. The van der Waals surface area contributed by atoms with Crippen LogP contribution >= 0.6 is 0 Å². The number of benzene rings is 2. The number of rotatable bonds is 7. The summed E-state index contributed by atoms with van der Waals surface area (Å²) in [4.78, 5) is 28.6. The Labute approximate surface area is 236 Å². The Morgan fingerprint density at radius 1 is 1.12 bits per heavy atom. The molecule has 1 aliphatic carbocycles. The normalized spacial score (nSPS) is 21.4. The van der Waals surface area contributed by atoms with Gasteiger partial charge < -0.3 is 24.5 Å². The molecule has 8 nitrogen and oxygen atoms in total. The van der Waals surface area contributed by atoms with Crippen LogP contribution in [0.15, 0.2) is 49.1 Å². The number of likely N-dealkylation sites (tertiary alicyclic amines) is 1. The van der Waals surface area contributed by atoms with Gasteiger partial charge in [0.25, 0.3) is 0 Å². The third kappa shape index (κ3) is 5.37. The number of nitrogens with zero attached hydrogens (tertiary/aromatic N) is 5. The molecule has 2 aliphatic heterocycles. The number of phenols is 1. The fraction of sp³-hybridized carbons (Fsp3) is 0.469.